The van der Waals surface area contributed by atoms with E-state index >= 15 is 0 Å². The van der Waals surface area contributed by atoms with Crippen molar-refractivity contribution < 1.29 is 27.5 Å². The molecule has 0 spiro atoms. The Kier molecular flexibility index (Phi) is 10.4. The van der Waals surface area contributed by atoms with Crippen molar-refractivity contribution in [3.05, 3.63) is 90.0 Å². The predicted octanol–water partition coefficient (Wildman–Crippen LogP) is 4.02. The molecule has 1 atom stereocenters. The van der Waals surface area contributed by atoms with Crippen LogP contribution >= 0.6 is 0 Å². The standard InChI is InChI=1S/C31H39N3O6S/c1-31(2,3)32-30(36)28(19-23-12-8-7-9-13-23)33(21-24-14-10-16-26(18-24)39-4)29(35)22-34(41(6,37)38)25-15-11-17-27(20-25)40-5/h7-18,20,28H,19,21-22H2,1-6H3,(H,32,36)/t28-/m0/s1. The number of hydrogen-bond donors (Lipinski definition) is 1. The second-order valence-electron chi connectivity index (χ2n) is 10.8. The lowest BCUT2D eigenvalue weighted by Crippen LogP contribution is -2.56. The van der Waals surface area contributed by atoms with Gasteiger partial charge in [0.1, 0.15) is 24.1 Å². The molecule has 10 heteroatoms. The van der Waals surface area contributed by atoms with E-state index in [1.165, 1.54) is 12.0 Å². The summed E-state index contributed by atoms with van der Waals surface area (Å²) in [5.41, 5.74) is 1.31. The first kappa shape index (κ1) is 31.5. The fourth-order valence-corrected chi connectivity index (χ4v) is 5.20. The molecule has 2 amide bonds. The van der Waals surface area contributed by atoms with Gasteiger partial charge in [-0.15, -0.1) is 0 Å². The zero-order valence-electron chi connectivity index (χ0n) is 24.5. The minimum Gasteiger partial charge on any atom is -0.497 e. The number of anilines is 1. The van der Waals surface area contributed by atoms with Crippen LogP contribution in [0.1, 0.15) is 31.9 Å². The van der Waals surface area contributed by atoms with Crippen LogP contribution in [0.4, 0.5) is 5.69 Å². The second kappa shape index (κ2) is 13.5. The van der Waals surface area contributed by atoms with Crippen molar-refractivity contribution in [2.24, 2.45) is 0 Å². The van der Waals surface area contributed by atoms with Crippen LogP contribution in [0.25, 0.3) is 0 Å². The number of sulfonamides is 1. The smallest absolute Gasteiger partial charge is 0.244 e. The van der Waals surface area contributed by atoms with Crippen LogP contribution in [0.15, 0.2) is 78.9 Å². The number of amides is 2. The van der Waals surface area contributed by atoms with E-state index in [0.717, 1.165) is 21.7 Å². The quantitative estimate of drug-likeness (QED) is 0.346. The van der Waals surface area contributed by atoms with E-state index in [4.69, 9.17) is 9.47 Å². The summed E-state index contributed by atoms with van der Waals surface area (Å²) >= 11 is 0. The minimum atomic E-state index is -3.88. The molecule has 0 bridgehead atoms. The van der Waals surface area contributed by atoms with Crippen molar-refractivity contribution in [3.63, 3.8) is 0 Å². The Hall–Kier alpha value is -4.05. The highest BCUT2D eigenvalue weighted by Gasteiger charge is 2.34. The second-order valence-corrected chi connectivity index (χ2v) is 12.7. The van der Waals surface area contributed by atoms with Crippen LogP contribution in [0.2, 0.25) is 0 Å². The van der Waals surface area contributed by atoms with Crippen LogP contribution < -0.4 is 19.1 Å². The van der Waals surface area contributed by atoms with Crippen LogP contribution in [-0.4, -0.2) is 63.7 Å². The topological polar surface area (TPSA) is 105 Å². The summed E-state index contributed by atoms with van der Waals surface area (Å²) < 4.78 is 37.5. The van der Waals surface area contributed by atoms with Gasteiger partial charge in [-0.2, -0.15) is 0 Å². The van der Waals surface area contributed by atoms with Gasteiger partial charge in [-0.1, -0.05) is 48.5 Å². The molecule has 3 aromatic carbocycles. The van der Waals surface area contributed by atoms with E-state index in [1.54, 1.807) is 49.6 Å². The number of ether oxygens (including phenoxy) is 2. The summed E-state index contributed by atoms with van der Waals surface area (Å²) in [6.07, 6.45) is 1.27. The minimum absolute atomic E-state index is 0.0564. The van der Waals surface area contributed by atoms with Gasteiger partial charge in [0, 0.05) is 24.6 Å². The number of nitrogens with one attached hydrogen (secondary N) is 1. The fourth-order valence-electron chi connectivity index (χ4n) is 4.35. The Balaban J connectivity index is 2.09. The van der Waals surface area contributed by atoms with Crippen LogP contribution in [-0.2, 0) is 32.6 Å². The van der Waals surface area contributed by atoms with Crippen molar-refractivity contribution in [2.45, 2.75) is 45.3 Å². The molecule has 0 aliphatic heterocycles. The lowest BCUT2D eigenvalue weighted by molar-refractivity contribution is -0.140. The summed E-state index contributed by atoms with van der Waals surface area (Å²) in [5.74, 6) is 0.169. The molecule has 220 valence electrons. The van der Waals surface area contributed by atoms with Crippen molar-refractivity contribution in [2.75, 3.05) is 31.3 Å². The third-order valence-corrected chi connectivity index (χ3v) is 7.42. The molecule has 0 heterocycles. The Morgan fingerprint density at radius 3 is 2.02 bits per heavy atom. The average Bonchev–Trinajstić information content (AvgIpc) is 2.92. The molecule has 41 heavy (non-hydrogen) atoms. The van der Waals surface area contributed by atoms with Crippen molar-refractivity contribution in [3.8, 4) is 11.5 Å². The van der Waals surface area contributed by atoms with E-state index in [1.807, 2.05) is 57.2 Å². The van der Waals surface area contributed by atoms with Gasteiger partial charge in [0.05, 0.1) is 26.2 Å². The van der Waals surface area contributed by atoms with Gasteiger partial charge in [0.25, 0.3) is 0 Å². The van der Waals surface area contributed by atoms with Crippen molar-refractivity contribution >= 4 is 27.5 Å². The normalized spacial score (nSPS) is 12.2. The zero-order chi connectivity index (χ0) is 30.2. The molecular weight excluding hydrogens is 542 g/mol. The number of benzene rings is 3. The van der Waals surface area contributed by atoms with E-state index in [2.05, 4.69) is 5.32 Å². The molecule has 0 saturated heterocycles. The maximum atomic E-state index is 14.2. The highest BCUT2D eigenvalue weighted by Crippen LogP contribution is 2.25. The number of nitrogens with zero attached hydrogens (tertiary/aromatic N) is 2. The van der Waals surface area contributed by atoms with Crippen LogP contribution in [0.3, 0.4) is 0 Å². The van der Waals surface area contributed by atoms with Gasteiger partial charge < -0.3 is 19.7 Å². The van der Waals surface area contributed by atoms with Gasteiger partial charge in [-0.25, -0.2) is 8.42 Å². The fraction of sp³-hybridized carbons (Fsp3) is 0.355. The largest absolute Gasteiger partial charge is 0.497 e. The average molecular weight is 582 g/mol. The Bertz CT molecular complexity index is 1440. The molecule has 1 N–H and O–H groups in total. The molecule has 3 aromatic rings. The third kappa shape index (κ3) is 9.24. The molecular formula is C31H39N3O6S. The van der Waals surface area contributed by atoms with Gasteiger partial charge in [0.2, 0.25) is 21.8 Å². The maximum absolute atomic E-state index is 14.2. The lowest BCUT2D eigenvalue weighted by atomic mass is 10.0. The molecule has 3 rings (SSSR count). The molecule has 0 aromatic heterocycles. The van der Waals surface area contributed by atoms with Crippen molar-refractivity contribution in [1.82, 2.24) is 10.2 Å². The highest BCUT2D eigenvalue weighted by molar-refractivity contribution is 7.92. The first-order valence-electron chi connectivity index (χ1n) is 13.2. The monoisotopic (exact) mass is 581 g/mol. The molecule has 9 nitrogen and oxygen atoms in total. The predicted molar refractivity (Wildman–Crippen MR) is 161 cm³/mol. The van der Waals surface area contributed by atoms with E-state index in [9.17, 15) is 18.0 Å². The summed E-state index contributed by atoms with van der Waals surface area (Å²) in [4.78, 5) is 29.4. The number of hydrogen-bond acceptors (Lipinski definition) is 6. The SMILES string of the molecule is COc1cccc(CN(C(=O)CN(c2cccc(OC)c2)S(C)(=O)=O)[C@@H](Cc2ccccc2)C(=O)NC(C)(C)C)c1. The van der Waals surface area contributed by atoms with E-state index in [0.29, 0.717) is 11.5 Å². The first-order valence-corrected chi connectivity index (χ1v) is 15.1. The van der Waals surface area contributed by atoms with Crippen molar-refractivity contribution in [1.29, 1.82) is 0 Å². The first-order chi connectivity index (χ1) is 19.3. The Morgan fingerprint density at radius 2 is 1.44 bits per heavy atom. The van der Waals surface area contributed by atoms with Gasteiger partial charge in [0.15, 0.2) is 0 Å². The molecule has 0 fully saturated rings. The summed E-state index contributed by atoms with van der Waals surface area (Å²) in [7, 11) is -0.849. The molecule has 0 saturated carbocycles. The zero-order valence-corrected chi connectivity index (χ0v) is 25.3. The Morgan fingerprint density at radius 1 is 0.854 bits per heavy atom. The van der Waals surface area contributed by atoms with E-state index < -0.39 is 34.1 Å². The maximum Gasteiger partial charge on any atom is 0.244 e. The van der Waals surface area contributed by atoms with Gasteiger partial charge in [-0.05, 0) is 56.2 Å². The molecule has 0 unspecified atom stereocenters. The molecule has 0 aliphatic carbocycles. The number of carbonyl (C=O) groups is 2. The van der Waals surface area contributed by atoms with Gasteiger partial charge >= 0.3 is 0 Å². The molecule has 0 aliphatic rings. The molecule has 0 radical (unpaired) electrons. The summed E-state index contributed by atoms with van der Waals surface area (Å²) in [6.45, 7) is 5.15. The number of carbonyl (C=O) groups excluding carboxylic acids is 2. The highest BCUT2D eigenvalue weighted by atomic mass is 32.2. The lowest BCUT2D eigenvalue weighted by Gasteiger charge is -2.35. The summed E-state index contributed by atoms with van der Waals surface area (Å²) in [5, 5.41) is 3.01. The van der Waals surface area contributed by atoms with Crippen LogP contribution in [0, 0.1) is 0 Å². The van der Waals surface area contributed by atoms with E-state index in [-0.39, 0.29) is 24.6 Å². The van der Waals surface area contributed by atoms with Gasteiger partial charge in [-0.3, -0.25) is 13.9 Å². The Labute approximate surface area is 243 Å². The third-order valence-electron chi connectivity index (χ3n) is 6.28. The number of methoxy groups -OCH3 is 2. The summed E-state index contributed by atoms with van der Waals surface area (Å²) in [6, 6.07) is 22.2. The number of rotatable bonds is 12. The van der Waals surface area contributed by atoms with Crippen LogP contribution in [0.5, 0.6) is 11.5 Å².